The highest BCUT2D eigenvalue weighted by molar-refractivity contribution is 7.18. The Hall–Kier alpha value is -1.20. The lowest BCUT2D eigenvalue weighted by atomic mass is 10.3. The van der Waals surface area contributed by atoms with E-state index in [1.807, 2.05) is 0 Å². The molecule has 1 N–H and O–H groups in total. The number of nitrogens with one attached hydrogen (secondary N) is 1. The number of aromatic amines is 1. The Labute approximate surface area is 82.2 Å². The van der Waals surface area contributed by atoms with Crippen LogP contribution in [0.2, 0.25) is 4.47 Å². The average Bonchev–Trinajstić information content (AvgIpc) is 2.53. The first-order chi connectivity index (χ1) is 6.27. The highest BCUT2D eigenvalue weighted by atomic mass is 35.5. The van der Waals surface area contributed by atoms with Gasteiger partial charge in [-0.2, -0.15) is 0 Å². The van der Waals surface area contributed by atoms with Crippen molar-refractivity contribution in [1.29, 1.82) is 0 Å². The van der Waals surface area contributed by atoms with Crippen molar-refractivity contribution < 1.29 is 0 Å². The molecular weight excluding hydrogens is 210 g/mol. The van der Waals surface area contributed by atoms with Crippen LogP contribution in [0, 0.1) is 0 Å². The first-order valence-corrected chi connectivity index (χ1v) is 4.63. The van der Waals surface area contributed by atoms with Crippen LogP contribution in [-0.2, 0) is 0 Å². The molecule has 6 heteroatoms. The van der Waals surface area contributed by atoms with Gasteiger partial charge in [0.05, 0.1) is 5.56 Å². The van der Waals surface area contributed by atoms with Crippen LogP contribution in [0.15, 0.2) is 23.3 Å². The van der Waals surface area contributed by atoms with Gasteiger partial charge in [-0.05, 0) is 11.6 Å². The van der Waals surface area contributed by atoms with E-state index < -0.39 is 0 Å². The maximum atomic E-state index is 11.3. The molecule has 0 aromatic carbocycles. The number of H-pyrrole nitrogens is 1. The van der Waals surface area contributed by atoms with Crippen LogP contribution in [0.4, 0.5) is 0 Å². The minimum absolute atomic E-state index is 0.0911. The van der Waals surface area contributed by atoms with E-state index in [1.54, 1.807) is 12.4 Å². The van der Waals surface area contributed by atoms with Crippen molar-refractivity contribution in [3.05, 3.63) is 33.2 Å². The molecule has 13 heavy (non-hydrogen) atoms. The maximum Gasteiger partial charge on any atom is 0.207 e. The van der Waals surface area contributed by atoms with Crippen molar-refractivity contribution in [2.75, 3.05) is 0 Å². The van der Waals surface area contributed by atoms with E-state index in [-0.39, 0.29) is 5.43 Å². The van der Waals surface area contributed by atoms with Gasteiger partial charge in [0.15, 0.2) is 10.4 Å². The molecule has 2 aromatic rings. The first-order valence-electron chi connectivity index (χ1n) is 3.44. The summed E-state index contributed by atoms with van der Waals surface area (Å²) in [7, 11) is 0. The van der Waals surface area contributed by atoms with E-state index >= 15 is 0 Å². The molecule has 66 valence electrons. The second-order valence-corrected chi connectivity index (χ2v) is 3.84. The summed E-state index contributed by atoms with van der Waals surface area (Å²) in [6, 6.07) is 1.44. The zero-order valence-corrected chi connectivity index (χ0v) is 7.89. The third-order valence-corrected chi connectivity index (χ3v) is 2.51. The molecule has 0 unspecified atom stereocenters. The first kappa shape index (κ1) is 8.40. The monoisotopic (exact) mass is 213 g/mol. The molecule has 0 aliphatic carbocycles. The SMILES string of the molecule is O=c1cc[nH]cc1-c1nnc(Cl)s1. The molecule has 0 aliphatic rings. The Kier molecular flexibility index (Phi) is 2.12. The fourth-order valence-corrected chi connectivity index (χ4v) is 1.75. The van der Waals surface area contributed by atoms with Gasteiger partial charge in [-0.1, -0.05) is 11.3 Å². The number of rotatable bonds is 1. The molecule has 0 radical (unpaired) electrons. The summed E-state index contributed by atoms with van der Waals surface area (Å²) in [5.41, 5.74) is 0.401. The molecule has 0 aliphatic heterocycles. The average molecular weight is 214 g/mol. The summed E-state index contributed by atoms with van der Waals surface area (Å²) in [5.74, 6) is 0. The van der Waals surface area contributed by atoms with Crippen LogP contribution in [0.1, 0.15) is 0 Å². The largest absolute Gasteiger partial charge is 0.367 e. The van der Waals surface area contributed by atoms with E-state index in [9.17, 15) is 4.79 Å². The summed E-state index contributed by atoms with van der Waals surface area (Å²) in [5, 5.41) is 7.91. The maximum absolute atomic E-state index is 11.3. The van der Waals surface area contributed by atoms with E-state index in [4.69, 9.17) is 11.6 Å². The van der Waals surface area contributed by atoms with Crippen LogP contribution >= 0.6 is 22.9 Å². The van der Waals surface area contributed by atoms with Gasteiger partial charge in [0.1, 0.15) is 0 Å². The third-order valence-electron chi connectivity index (χ3n) is 1.45. The lowest BCUT2D eigenvalue weighted by molar-refractivity contribution is 1.09. The summed E-state index contributed by atoms with van der Waals surface area (Å²) in [6.07, 6.45) is 3.15. The quantitative estimate of drug-likeness (QED) is 0.782. The zero-order chi connectivity index (χ0) is 9.26. The van der Waals surface area contributed by atoms with E-state index in [0.29, 0.717) is 15.0 Å². The van der Waals surface area contributed by atoms with Crippen molar-refractivity contribution in [2.24, 2.45) is 0 Å². The fourth-order valence-electron chi connectivity index (χ4n) is 0.897. The molecule has 2 heterocycles. The molecule has 2 aromatic heterocycles. The fraction of sp³-hybridized carbons (Fsp3) is 0. The van der Waals surface area contributed by atoms with Crippen LogP contribution in [0.5, 0.6) is 0 Å². The van der Waals surface area contributed by atoms with Crippen LogP contribution in [0.3, 0.4) is 0 Å². The van der Waals surface area contributed by atoms with Crippen molar-refractivity contribution >= 4 is 22.9 Å². The van der Waals surface area contributed by atoms with Crippen LogP contribution in [0.25, 0.3) is 10.6 Å². The number of halogens is 1. The number of hydrogen-bond donors (Lipinski definition) is 1. The standard InChI is InChI=1S/C7H4ClN3OS/c8-7-11-10-6(13-7)4-3-9-2-1-5(4)12/h1-3H,(H,9,12). The van der Waals surface area contributed by atoms with E-state index in [2.05, 4.69) is 15.2 Å². The third kappa shape index (κ3) is 1.61. The smallest absolute Gasteiger partial charge is 0.207 e. The lowest BCUT2D eigenvalue weighted by Crippen LogP contribution is -2.01. The van der Waals surface area contributed by atoms with Gasteiger partial charge in [-0.3, -0.25) is 4.79 Å². The summed E-state index contributed by atoms with van der Waals surface area (Å²) in [6.45, 7) is 0. The molecule has 2 rings (SSSR count). The Balaban J connectivity index is 2.59. The minimum Gasteiger partial charge on any atom is -0.367 e. The molecular formula is C7H4ClN3OS. The molecule has 0 saturated heterocycles. The highest BCUT2D eigenvalue weighted by Crippen LogP contribution is 2.22. The predicted molar refractivity (Wildman–Crippen MR) is 51.0 cm³/mol. The molecule has 0 fully saturated rings. The predicted octanol–water partition coefficient (Wildman–Crippen LogP) is 1.55. The van der Waals surface area contributed by atoms with Crippen molar-refractivity contribution in [3.8, 4) is 10.6 Å². The van der Waals surface area contributed by atoms with Gasteiger partial charge >= 0.3 is 0 Å². The number of pyridine rings is 1. The van der Waals surface area contributed by atoms with Gasteiger partial charge in [0, 0.05) is 18.5 Å². The lowest BCUT2D eigenvalue weighted by Gasteiger charge is -1.90. The second kappa shape index (κ2) is 3.27. The molecule has 0 spiro atoms. The molecule has 0 saturated carbocycles. The minimum atomic E-state index is -0.0911. The van der Waals surface area contributed by atoms with Crippen LogP contribution < -0.4 is 5.43 Å². The number of aromatic nitrogens is 3. The van der Waals surface area contributed by atoms with Gasteiger partial charge in [0.25, 0.3) is 0 Å². The van der Waals surface area contributed by atoms with Crippen molar-refractivity contribution in [1.82, 2.24) is 15.2 Å². The Morgan fingerprint density at radius 3 is 2.92 bits per heavy atom. The summed E-state index contributed by atoms with van der Waals surface area (Å²) in [4.78, 5) is 14.1. The molecule has 0 amide bonds. The van der Waals surface area contributed by atoms with Crippen molar-refractivity contribution in [2.45, 2.75) is 0 Å². The van der Waals surface area contributed by atoms with Gasteiger partial charge in [0.2, 0.25) is 4.47 Å². The molecule has 4 nitrogen and oxygen atoms in total. The van der Waals surface area contributed by atoms with E-state index in [0.717, 1.165) is 0 Å². The Bertz CT molecular complexity index is 478. The highest BCUT2D eigenvalue weighted by Gasteiger charge is 2.07. The number of nitrogens with zero attached hydrogens (tertiary/aromatic N) is 2. The normalized spacial score (nSPS) is 10.2. The molecule has 0 bridgehead atoms. The van der Waals surface area contributed by atoms with Gasteiger partial charge < -0.3 is 4.98 Å². The second-order valence-electron chi connectivity index (χ2n) is 2.28. The van der Waals surface area contributed by atoms with E-state index in [1.165, 1.54) is 17.4 Å². The topological polar surface area (TPSA) is 58.6 Å². The van der Waals surface area contributed by atoms with Gasteiger partial charge in [-0.15, -0.1) is 10.2 Å². The van der Waals surface area contributed by atoms with Crippen molar-refractivity contribution in [3.63, 3.8) is 0 Å². The Morgan fingerprint density at radius 2 is 2.31 bits per heavy atom. The zero-order valence-electron chi connectivity index (χ0n) is 6.32. The summed E-state index contributed by atoms with van der Waals surface area (Å²) < 4.78 is 0.332. The molecule has 0 atom stereocenters. The van der Waals surface area contributed by atoms with Gasteiger partial charge in [-0.25, -0.2) is 0 Å². The summed E-state index contributed by atoms with van der Waals surface area (Å²) >= 11 is 6.77. The van der Waals surface area contributed by atoms with Crippen LogP contribution in [-0.4, -0.2) is 15.2 Å². The number of hydrogen-bond acceptors (Lipinski definition) is 4. The Morgan fingerprint density at radius 1 is 1.46 bits per heavy atom.